The second kappa shape index (κ2) is 17.7. The van der Waals surface area contributed by atoms with Gasteiger partial charge in [0.2, 0.25) is 0 Å². The number of aromatic nitrogens is 1. The van der Waals surface area contributed by atoms with Crippen LogP contribution < -0.4 is 0 Å². The molecule has 5 rings (SSSR count). The van der Waals surface area contributed by atoms with Gasteiger partial charge in [0.1, 0.15) is 11.9 Å². The minimum Gasteiger partial charge on any atom is -0.480 e. The quantitative estimate of drug-likeness (QED) is 0.220. The molecule has 2 aliphatic rings. The highest BCUT2D eigenvalue weighted by atomic mass is 35.5. The molecule has 2 heterocycles. The predicted octanol–water partition coefficient (Wildman–Crippen LogP) is 7.32. The number of rotatable bonds is 11. The van der Waals surface area contributed by atoms with Crippen LogP contribution in [0.4, 0.5) is 4.39 Å². The van der Waals surface area contributed by atoms with E-state index in [2.05, 4.69) is 9.88 Å². The van der Waals surface area contributed by atoms with Crippen LogP contribution in [-0.2, 0) is 21.1 Å². The topological polar surface area (TPSA) is 90.8 Å². The number of sulfone groups is 1. The lowest BCUT2D eigenvalue weighted by Crippen LogP contribution is -2.47. The Morgan fingerprint density at radius 2 is 1.74 bits per heavy atom. The average molecular weight is 751 g/mol. The van der Waals surface area contributed by atoms with Crippen LogP contribution in [0.3, 0.4) is 0 Å². The number of likely N-dealkylation sites (N-methyl/N-ethyl adjacent to an activating group) is 1. The average Bonchev–Trinajstić information content (AvgIpc) is 3.60. The summed E-state index contributed by atoms with van der Waals surface area (Å²) in [6, 6.07) is 13.6. The monoisotopic (exact) mass is 749 g/mol. The molecule has 13 heteroatoms. The Hall–Kier alpha value is -1.79. The van der Waals surface area contributed by atoms with E-state index >= 15 is 0 Å². The maximum absolute atomic E-state index is 14.3. The number of benzene rings is 2. The fourth-order valence-corrected chi connectivity index (χ4v) is 9.04. The Balaban J connectivity index is 0.00000256. The highest BCUT2D eigenvalue weighted by Crippen LogP contribution is 2.44. The SMILES string of the molecule is CC(C)[C@H](C(=O)O)N(C)C1CC(CN2CCC(c3cnc(Cc4ccc(S(C)(=O)=O)cc4)s3)CC2)C(c2cccc(F)c2)C1.Cl.Cl.Cl. The van der Waals surface area contributed by atoms with Gasteiger partial charge < -0.3 is 10.0 Å². The molecule has 2 fully saturated rings. The van der Waals surface area contributed by atoms with Crippen molar-refractivity contribution in [3.8, 4) is 0 Å². The molecule has 1 saturated carbocycles. The molecule has 4 atom stereocenters. The first-order chi connectivity index (χ1) is 20.9. The summed E-state index contributed by atoms with van der Waals surface area (Å²) in [5.74, 6) is -0.0323. The summed E-state index contributed by atoms with van der Waals surface area (Å²) in [7, 11) is -1.27. The van der Waals surface area contributed by atoms with Crippen molar-refractivity contribution in [1.82, 2.24) is 14.8 Å². The van der Waals surface area contributed by atoms with E-state index in [0.717, 1.165) is 61.5 Å². The molecule has 7 nitrogen and oxygen atoms in total. The van der Waals surface area contributed by atoms with Gasteiger partial charge in [0.25, 0.3) is 0 Å². The minimum atomic E-state index is -3.21. The van der Waals surface area contributed by atoms with Crippen molar-refractivity contribution in [3.05, 3.63) is 81.6 Å². The molecule has 1 N–H and O–H groups in total. The Morgan fingerprint density at radius 1 is 1.09 bits per heavy atom. The molecule has 1 saturated heterocycles. The van der Waals surface area contributed by atoms with Crippen LogP contribution >= 0.6 is 48.6 Å². The molecule has 1 aromatic heterocycles. The lowest BCUT2D eigenvalue weighted by molar-refractivity contribution is -0.145. The van der Waals surface area contributed by atoms with Crippen LogP contribution in [0.5, 0.6) is 0 Å². The van der Waals surface area contributed by atoms with Crippen LogP contribution in [0, 0.1) is 17.7 Å². The molecule has 0 radical (unpaired) electrons. The van der Waals surface area contributed by atoms with Crippen molar-refractivity contribution < 1.29 is 22.7 Å². The second-order valence-electron chi connectivity index (χ2n) is 13.1. The highest BCUT2D eigenvalue weighted by molar-refractivity contribution is 7.90. The summed E-state index contributed by atoms with van der Waals surface area (Å²) in [6.07, 6.45) is 7.76. The molecular weight excluding hydrogens is 704 g/mol. The largest absolute Gasteiger partial charge is 0.480 e. The number of thiazole rings is 1. The Kier molecular flexibility index (Phi) is 15.6. The van der Waals surface area contributed by atoms with Gasteiger partial charge in [-0.1, -0.05) is 38.1 Å². The number of halogens is 4. The molecular formula is C34H47Cl3FN3O4S2. The van der Waals surface area contributed by atoms with Crippen LogP contribution in [0.1, 0.15) is 72.4 Å². The van der Waals surface area contributed by atoms with Crippen LogP contribution in [0.15, 0.2) is 59.6 Å². The van der Waals surface area contributed by atoms with E-state index in [4.69, 9.17) is 0 Å². The van der Waals surface area contributed by atoms with E-state index in [1.165, 1.54) is 17.2 Å². The van der Waals surface area contributed by atoms with Crippen molar-refractivity contribution in [2.24, 2.45) is 11.8 Å². The molecule has 2 aromatic carbocycles. The van der Waals surface area contributed by atoms with Gasteiger partial charge in [0.15, 0.2) is 9.84 Å². The van der Waals surface area contributed by atoms with E-state index in [1.54, 1.807) is 35.6 Å². The van der Waals surface area contributed by atoms with Crippen molar-refractivity contribution in [1.29, 1.82) is 0 Å². The normalized spacial score (nSPS) is 21.1. The van der Waals surface area contributed by atoms with Gasteiger partial charge in [-0.05, 0) is 105 Å². The molecule has 3 aromatic rings. The zero-order chi connectivity index (χ0) is 31.6. The first kappa shape index (κ1) is 41.4. The molecule has 1 aliphatic carbocycles. The van der Waals surface area contributed by atoms with Crippen LogP contribution in [0.25, 0.3) is 0 Å². The highest BCUT2D eigenvalue weighted by Gasteiger charge is 2.41. The third kappa shape index (κ3) is 10.4. The standard InChI is InChI=1S/C34H44FN3O4S2.3ClH/c1-22(2)33(34(39)40)37(3)28-18-26(30(19-28)25-6-5-7-27(35)17-25)21-38-14-12-24(13-15-38)31-20-36-32(43-31)16-23-8-10-29(11-9-23)44(4,41)42;;;/h5-11,17,20,22,24,26,28,30,33H,12-16,18-19,21H2,1-4H3,(H,39,40);3*1H/t26?,28?,30?,33-;;;/m1.../s1. The molecule has 0 bridgehead atoms. The zero-order valence-electron chi connectivity index (χ0n) is 27.2. The van der Waals surface area contributed by atoms with Crippen molar-refractivity contribution >= 4 is 64.4 Å². The summed E-state index contributed by atoms with van der Waals surface area (Å²) in [5.41, 5.74) is 2.06. The number of aliphatic carboxylic acids is 1. The van der Waals surface area contributed by atoms with Gasteiger partial charge in [-0.25, -0.2) is 17.8 Å². The number of carboxylic acid groups (broad SMARTS) is 1. The molecule has 1 aliphatic heterocycles. The predicted molar refractivity (Wildman–Crippen MR) is 194 cm³/mol. The number of carboxylic acids is 1. The molecule has 0 amide bonds. The number of piperidine rings is 1. The van der Waals surface area contributed by atoms with Crippen LogP contribution in [0.2, 0.25) is 0 Å². The lowest BCUT2D eigenvalue weighted by atomic mass is 9.87. The minimum absolute atomic E-state index is 0. The first-order valence-electron chi connectivity index (χ1n) is 15.5. The van der Waals surface area contributed by atoms with E-state index in [-0.39, 0.29) is 60.9 Å². The van der Waals surface area contributed by atoms with E-state index < -0.39 is 21.8 Å². The maximum Gasteiger partial charge on any atom is 0.321 e. The first-order valence-corrected chi connectivity index (χ1v) is 18.3. The Morgan fingerprint density at radius 3 is 2.32 bits per heavy atom. The smallest absolute Gasteiger partial charge is 0.321 e. The van der Waals surface area contributed by atoms with Crippen molar-refractivity contribution in [3.63, 3.8) is 0 Å². The number of likely N-dealkylation sites (tertiary alicyclic amines) is 1. The van der Waals surface area contributed by atoms with Gasteiger partial charge in [0, 0.05) is 36.3 Å². The van der Waals surface area contributed by atoms with Crippen LogP contribution in [-0.4, -0.2) is 79.3 Å². The Labute approximate surface area is 301 Å². The molecule has 3 unspecified atom stereocenters. The number of nitrogens with zero attached hydrogens (tertiary/aromatic N) is 3. The molecule has 0 spiro atoms. The lowest BCUT2D eigenvalue weighted by Gasteiger charge is -2.35. The number of carbonyl (C=O) groups is 1. The summed E-state index contributed by atoms with van der Waals surface area (Å²) in [5, 5.41) is 11.0. The van der Waals surface area contributed by atoms with Crippen molar-refractivity contribution in [2.75, 3.05) is 32.9 Å². The third-order valence-electron chi connectivity index (χ3n) is 9.61. The van der Waals surface area contributed by atoms with E-state index in [9.17, 15) is 22.7 Å². The van der Waals surface area contributed by atoms with Gasteiger partial charge in [0.05, 0.1) is 9.90 Å². The summed E-state index contributed by atoms with van der Waals surface area (Å²) >= 11 is 1.75. The zero-order valence-corrected chi connectivity index (χ0v) is 31.3. The third-order valence-corrected chi connectivity index (χ3v) is 11.9. The van der Waals surface area contributed by atoms with E-state index in [1.807, 2.05) is 50.2 Å². The fraction of sp³-hybridized carbons (Fsp3) is 0.529. The van der Waals surface area contributed by atoms with Gasteiger partial charge >= 0.3 is 5.97 Å². The number of hydrogen-bond acceptors (Lipinski definition) is 7. The molecule has 47 heavy (non-hydrogen) atoms. The maximum atomic E-state index is 14.3. The van der Waals surface area contributed by atoms with Gasteiger partial charge in [-0.3, -0.25) is 9.69 Å². The second-order valence-corrected chi connectivity index (χ2v) is 16.2. The summed E-state index contributed by atoms with van der Waals surface area (Å²) in [6.45, 7) is 6.82. The van der Waals surface area contributed by atoms with Gasteiger partial charge in [-0.15, -0.1) is 48.6 Å². The van der Waals surface area contributed by atoms with Gasteiger partial charge in [-0.2, -0.15) is 0 Å². The van der Waals surface area contributed by atoms with E-state index in [0.29, 0.717) is 23.2 Å². The molecule has 262 valence electrons. The summed E-state index contributed by atoms with van der Waals surface area (Å²) < 4.78 is 37.8. The number of hydrogen-bond donors (Lipinski definition) is 1. The fourth-order valence-electron chi connectivity index (χ4n) is 7.29. The Bertz CT molecular complexity index is 1550. The summed E-state index contributed by atoms with van der Waals surface area (Å²) in [4.78, 5) is 23.0. The van der Waals surface area contributed by atoms with Crippen molar-refractivity contribution in [2.45, 2.75) is 74.8 Å².